The number of nitrogens with two attached hydrogens (primary N) is 1. The van der Waals surface area contributed by atoms with Gasteiger partial charge in [-0.2, -0.15) is 0 Å². The first kappa shape index (κ1) is 11.6. The highest BCUT2D eigenvalue weighted by Gasteiger charge is 2.07. The highest BCUT2D eigenvalue weighted by atomic mass is 16.3. The largest absolute Gasteiger partial charge is 0.472 e. The summed E-state index contributed by atoms with van der Waals surface area (Å²) in [5.74, 6) is 0.102. The molecule has 0 aliphatic rings. The van der Waals surface area contributed by atoms with Gasteiger partial charge < -0.3 is 10.2 Å². The lowest BCUT2D eigenvalue weighted by atomic mass is 10.0. The van der Waals surface area contributed by atoms with Crippen LogP contribution in [0, 0.1) is 0 Å². The number of hydrogen-bond donors (Lipinski definition) is 1. The van der Waals surface area contributed by atoms with Gasteiger partial charge in [-0.3, -0.25) is 4.79 Å². The molecular weight excluding hydrogens is 214 g/mol. The van der Waals surface area contributed by atoms with Crippen molar-refractivity contribution in [1.82, 2.24) is 0 Å². The minimum absolute atomic E-state index is 0.102. The Kier molecular flexibility index (Phi) is 3.73. The summed E-state index contributed by atoms with van der Waals surface area (Å²) < 4.78 is 4.94. The molecule has 3 heteroatoms. The van der Waals surface area contributed by atoms with Crippen LogP contribution in [0.4, 0.5) is 0 Å². The molecule has 1 aromatic carbocycles. The van der Waals surface area contributed by atoms with Gasteiger partial charge in [0, 0.05) is 12.0 Å². The van der Waals surface area contributed by atoms with Gasteiger partial charge in [0.05, 0.1) is 12.5 Å². The maximum atomic E-state index is 11.9. The van der Waals surface area contributed by atoms with Crippen LogP contribution in [-0.2, 0) is 12.8 Å². The quantitative estimate of drug-likeness (QED) is 0.800. The molecule has 1 heterocycles. The number of hydrogen-bond acceptors (Lipinski definition) is 3. The van der Waals surface area contributed by atoms with E-state index in [1.165, 1.54) is 0 Å². The van der Waals surface area contributed by atoms with E-state index in [-0.39, 0.29) is 5.78 Å². The summed E-state index contributed by atoms with van der Waals surface area (Å²) in [7, 11) is 0. The van der Waals surface area contributed by atoms with Gasteiger partial charge in [-0.1, -0.05) is 24.3 Å². The van der Waals surface area contributed by atoms with Gasteiger partial charge in [0.1, 0.15) is 0 Å². The van der Waals surface area contributed by atoms with Crippen LogP contribution in [0.2, 0.25) is 0 Å². The van der Waals surface area contributed by atoms with Crippen molar-refractivity contribution >= 4 is 5.78 Å². The van der Waals surface area contributed by atoms with Gasteiger partial charge in [0.15, 0.2) is 5.78 Å². The minimum Gasteiger partial charge on any atom is -0.472 e. The second-order valence-corrected chi connectivity index (χ2v) is 3.97. The van der Waals surface area contributed by atoms with Gasteiger partial charge in [0.25, 0.3) is 0 Å². The van der Waals surface area contributed by atoms with Crippen molar-refractivity contribution in [1.29, 1.82) is 0 Å². The average molecular weight is 229 g/mol. The van der Waals surface area contributed by atoms with Crippen LogP contribution in [-0.4, -0.2) is 12.3 Å². The van der Waals surface area contributed by atoms with Crippen molar-refractivity contribution in [2.45, 2.75) is 12.8 Å². The first-order chi connectivity index (χ1) is 8.29. The van der Waals surface area contributed by atoms with Crippen LogP contribution in [0.5, 0.6) is 0 Å². The van der Waals surface area contributed by atoms with Crippen LogP contribution in [0.25, 0.3) is 0 Å². The smallest absolute Gasteiger partial charge is 0.167 e. The van der Waals surface area contributed by atoms with Crippen LogP contribution in [0.15, 0.2) is 47.3 Å². The zero-order chi connectivity index (χ0) is 12.1. The third-order valence-electron chi connectivity index (χ3n) is 2.65. The molecule has 0 spiro atoms. The highest BCUT2D eigenvalue weighted by molar-refractivity contribution is 5.97. The maximum absolute atomic E-state index is 11.9. The summed E-state index contributed by atoms with van der Waals surface area (Å²) in [4.78, 5) is 11.9. The predicted octanol–water partition coefficient (Wildman–Crippen LogP) is 2.21. The molecule has 2 N–H and O–H groups in total. The van der Waals surface area contributed by atoms with E-state index in [0.717, 1.165) is 23.1 Å². The molecule has 88 valence electrons. The summed E-state index contributed by atoms with van der Waals surface area (Å²) >= 11 is 0. The van der Waals surface area contributed by atoms with Crippen LogP contribution < -0.4 is 5.73 Å². The number of Topliss-reactive ketones (excluding diaryl/α,β-unsaturated/α-hetero) is 1. The number of carbonyl (C=O) groups excluding carboxylic acids is 1. The van der Waals surface area contributed by atoms with Crippen molar-refractivity contribution in [2.24, 2.45) is 5.73 Å². The van der Waals surface area contributed by atoms with E-state index in [1.54, 1.807) is 18.6 Å². The Morgan fingerprint density at radius 1 is 1.12 bits per heavy atom. The fourth-order valence-corrected chi connectivity index (χ4v) is 1.70. The molecule has 0 aliphatic heterocycles. The summed E-state index contributed by atoms with van der Waals surface area (Å²) in [6.07, 6.45) is 4.40. The van der Waals surface area contributed by atoms with E-state index in [4.69, 9.17) is 10.2 Å². The molecule has 3 nitrogen and oxygen atoms in total. The molecule has 2 rings (SSSR count). The lowest BCUT2D eigenvalue weighted by Gasteiger charge is -2.02. The standard InChI is InChI=1S/C14H15NO2/c15-7-5-11-1-3-13(4-2-11)14(16)9-12-6-8-17-10-12/h1-4,6,8,10H,5,7,9,15H2. The van der Waals surface area contributed by atoms with E-state index in [0.29, 0.717) is 13.0 Å². The van der Waals surface area contributed by atoms with Gasteiger partial charge in [0.2, 0.25) is 0 Å². The Morgan fingerprint density at radius 2 is 1.88 bits per heavy atom. The Bertz CT molecular complexity index is 471. The molecule has 0 unspecified atom stereocenters. The molecule has 1 aromatic heterocycles. The monoisotopic (exact) mass is 229 g/mol. The molecular formula is C14H15NO2. The van der Waals surface area contributed by atoms with E-state index >= 15 is 0 Å². The molecule has 2 aromatic rings. The lowest BCUT2D eigenvalue weighted by Crippen LogP contribution is -2.05. The molecule has 17 heavy (non-hydrogen) atoms. The lowest BCUT2D eigenvalue weighted by molar-refractivity contribution is 0.0993. The highest BCUT2D eigenvalue weighted by Crippen LogP contribution is 2.10. The van der Waals surface area contributed by atoms with Crippen molar-refractivity contribution < 1.29 is 9.21 Å². The van der Waals surface area contributed by atoms with Crippen molar-refractivity contribution in [3.05, 3.63) is 59.5 Å². The number of furan rings is 1. The zero-order valence-electron chi connectivity index (χ0n) is 9.56. The Labute approximate surface area is 100 Å². The second-order valence-electron chi connectivity index (χ2n) is 3.97. The topological polar surface area (TPSA) is 56.2 Å². The fraction of sp³-hybridized carbons (Fsp3) is 0.214. The predicted molar refractivity (Wildman–Crippen MR) is 65.9 cm³/mol. The summed E-state index contributed by atoms with van der Waals surface area (Å²) in [6, 6.07) is 9.42. The number of ketones is 1. The van der Waals surface area contributed by atoms with Crippen molar-refractivity contribution in [2.75, 3.05) is 6.54 Å². The zero-order valence-corrected chi connectivity index (χ0v) is 9.56. The van der Waals surface area contributed by atoms with Gasteiger partial charge in [-0.05, 0) is 30.2 Å². The first-order valence-corrected chi connectivity index (χ1v) is 5.63. The fourth-order valence-electron chi connectivity index (χ4n) is 1.70. The number of benzene rings is 1. The molecule has 0 bridgehead atoms. The third kappa shape index (κ3) is 3.04. The molecule has 0 saturated carbocycles. The Morgan fingerprint density at radius 3 is 2.47 bits per heavy atom. The molecule has 0 fully saturated rings. The minimum atomic E-state index is 0.102. The second kappa shape index (κ2) is 5.46. The average Bonchev–Trinajstić information content (AvgIpc) is 2.83. The van der Waals surface area contributed by atoms with E-state index < -0.39 is 0 Å². The maximum Gasteiger partial charge on any atom is 0.167 e. The summed E-state index contributed by atoms with van der Waals surface area (Å²) in [5, 5.41) is 0. The summed E-state index contributed by atoms with van der Waals surface area (Å²) in [6.45, 7) is 0.627. The first-order valence-electron chi connectivity index (χ1n) is 5.63. The van der Waals surface area contributed by atoms with Crippen LogP contribution in [0.3, 0.4) is 0 Å². The molecule has 0 aliphatic carbocycles. The van der Waals surface area contributed by atoms with Gasteiger partial charge in [-0.15, -0.1) is 0 Å². The molecule has 0 amide bonds. The normalized spacial score (nSPS) is 10.4. The summed E-state index contributed by atoms with van der Waals surface area (Å²) in [5.41, 5.74) is 8.26. The Balaban J connectivity index is 2.04. The van der Waals surface area contributed by atoms with Gasteiger partial charge in [-0.25, -0.2) is 0 Å². The molecule has 0 radical (unpaired) electrons. The third-order valence-corrected chi connectivity index (χ3v) is 2.65. The molecule has 0 atom stereocenters. The van der Waals surface area contributed by atoms with Crippen molar-refractivity contribution in [3.63, 3.8) is 0 Å². The van der Waals surface area contributed by atoms with Crippen molar-refractivity contribution in [3.8, 4) is 0 Å². The number of carbonyl (C=O) groups is 1. The van der Waals surface area contributed by atoms with E-state index in [9.17, 15) is 4.79 Å². The van der Waals surface area contributed by atoms with Crippen LogP contribution in [0.1, 0.15) is 21.5 Å². The molecule has 0 saturated heterocycles. The van der Waals surface area contributed by atoms with E-state index in [1.807, 2.05) is 24.3 Å². The Hall–Kier alpha value is -1.87. The number of rotatable bonds is 5. The SMILES string of the molecule is NCCc1ccc(C(=O)Cc2ccoc2)cc1. The van der Waals surface area contributed by atoms with Gasteiger partial charge >= 0.3 is 0 Å². The van der Waals surface area contributed by atoms with E-state index in [2.05, 4.69) is 0 Å². The van der Waals surface area contributed by atoms with Crippen LogP contribution >= 0.6 is 0 Å².